The van der Waals surface area contributed by atoms with Crippen molar-refractivity contribution in [2.24, 2.45) is 0 Å². The lowest BCUT2D eigenvalue weighted by atomic mass is 10.1. The van der Waals surface area contributed by atoms with Gasteiger partial charge in [0.2, 0.25) is 5.95 Å². The normalized spacial score (nSPS) is 16.2. The van der Waals surface area contributed by atoms with E-state index in [2.05, 4.69) is 15.3 Å². The zero-order chi connectivity index (χ0) is 21.9. The summed E-state index contributed by atoms with van der Waals surface area (Å²) in [7, 11) is 0. The minimum atomic E-state index is -0.230. The molecule has 162 valence electrons. The van der Waals surface area contributed by atoms with Crippen LogP contribution in [0, 0.1) is 6.92 Å². The molecule has 1 N–H and O–H groups in total. The number of fused-ring (bicyclic) bond motifs is 1. The van der Waals surface area contributed by atoms with Gasteiger partial charge in [0, 0.05) is 17.1 Å². The summed E-state index contributed by atoms with van der Waals surface area (Å²) in [5, 5.41) is 3.72. The van der Waals surface area contributed by atoms with Gasteiger partial charge in [-0.05, 0) is 50.5 Å². The molecule has 5 rings (SSSR count). The number of amides is 1. The molecular formula is C24H23N5O2S. The molecule has 1 amide bonds. The van der Waals surface area contributed by atoms with Crippen molar-refractivity contribution < 1.29 is 9.53 Å². The Bertz CT molecular complexity index is 1230. The second-order valence-electron chi connectivity index (χ2n) is 7.71. The molecule has 0 radical (unpaired) electrons. The summed E-state index contributed by atoms with van der Waals surface area (Å²) in [6.45, 7) is 2.67. The molecule has 0 saturated carbocycles. The van der Waals surface area contributed by atoms with Gasteiger partial charge in [0.1, 0.15) is 23.1 Å². The van der Waals surface area contributed by atoms with Crippen LogP contribution in [0.4, 0.5) is 5.95 Å². The average Bonchev–Trinajstić information content (AvgIpc) is 3.19. The Labute approximate surface area is 190 Å². The molecule has 2 aromatic heterocycles. The molecule has 1 aliphatic rings. The summed E-state index contributed by atoms with van der Waals surface area (Å²) in [6.07, 6.45) is 4.22. The number of ether oxygens (including phenoxy) is 1. The molecule has 1 atom stereocenters. The zero-order valence-corrected chi connectivity index (χ0v) is 18.5. The number of carbonyl (C=O) groups is 1. The van der Waals surface area contributed by atoms with E-state index in [1.165, 1.54) is 11.8 Å². The molecule has 1 fully saturated rings. The van der Waals surface area contributed by atoms with Crippen molar-refractivity contribution in [3.8, 4) is 0 Å². The number of benzene rings is 2. The monoisotopic (exact) mass is 445 g/mol. The highest BCUT2D eigenvalue weighted by Gasteiger charge is 2.26. The van der Waals surface area contributed by atoms with Crippen LogP contribution in [0.25, 0.3) is 11.2 Å². The third-order valence-corrected chi connectivity index (χ3v) is 6.38. The first kappa shape index (κ1) is 20.7. The number of hydrogen-bond acceptors (Lipinski definition) is 6. The fraction of sp³-hybridized carbons (Fsp3) is 0.250. The summed E-state index contributed by atoms with van der Waals surface area (Å²) in [5.74, 6) is 0.204. The van der Waals surface area contributed by atoms with Crippen LogP contribution in [0.5, 0.6) is 0 Å². The maximum Gasteiger partial charge on any atom is 0.257 e. The van der Waals surface area contributed by atoms with Gasteiger partial charge in [0.15, 0.2) is 5.65 Å². The second-order valence-corrected chi connectivity index (χ2v) is 8.78. The molecular weight excluding hydrogens is 422 g/mol. The Kier molecular flexibility index (Phi) is 5.87. The highest BCUT2D eigenvalue weighted by Crippen LogP contribution is 2.35. The molecule has 1 aliphatic heterocycles. The number of aryl methyl sites for hydroxylation is 1. The lowest BCUT2D eigenvalue weighted by molar-refractivity contribution is -0.0285. The maximum atomic E-state index is 13.0. The Balaban J connectivity index is 1.56. The first-order chi connectivity index (χ1) is 15.7. The van der Waals surface area contributed by atoms with E-state index < -0.39 is 0 Å². The van der Waals surface area contributed by atoms with Crippen LogP contribution >= 0.6 is 11.8 Å². The van der Waals surface area contributed by atoms with Crippen LogP contribution in [-0.2, 0) is 4.74 Å². The Morgan fingerprint density at radius 2 is 1.91 bits per heavy atom. The summed E-state index contributed by atoms with van der Waals surface area (Å²) in [5.41, 5.74) is 2.98. The Morgan fingerprint density at radius 3 is 2.66 bits per heavy atom. The van der Waals surface area contributed by atoms with Crippen LogP contribution < -0.4 is 5.32 Å². The molecule has 1 unspecified atom stereocenters. The zero-order valence-electron chi connectivity index (χ0n) is 17.7. The fourth-order valence-electron chi connectivity index (χ4n) is 3.73. The number of aromatic nitrogens is 4. The third kappa shape index (κ3) is 4.24. The topological polar surface area (TPSA) is 81.9 Å². The van der Waals surface area contributed by atoms with E-state index in [0.29, 0.717) is 29.3 Å². The van der Waals surface area contributed by atoms with Gasteiger partial charge in [-0.1, -0.05) is 47.7 Å². The molecule has 4 aromatic rings. The largest absolute Gasteiger partial charge is 0.358 e. The van der Waals surface area contributed by atoms with Crippen molar-refractivity contribution in [3.05, 3.63) is 72.1 Å². The van der Waals surface area contributed by atoms with E-state index in [9.17, 15) is 4.79 Å². The molecule has 7 nitrogen and oxygen atoms in total. The van der Waals surface area contributed by atoms with Crippen molar-refractivity contribution in [1.29, 1.82) is 0 Å². The van der Waals surface area contributed by atoms with Gasteiger partial charge < -0.3 is 4.74 Å². The van der Waals surface area contributed by atoms with Crippen molar-refractivity contribution in [2.75, 3.05) is 11.9 Å². The summed E-state index contributed by atoms with van der Waals surface area (Å²) >= 11 is 1.52. The molecule has 2 aromatic carbocycles. The maximum absolute atomic E-state index is 13.0. The highest BCUT2D eigenvalue weighted by molar-refractivity contribution is 7.99. The van der Waals surface area contributed by atoms with Crippen LogP contribution in [0.3, 0.4) is 0 Å². The van der Waals surface area contributed by atoms with Crippen molar-refractivity contribution in [1.82, 2.24) is 19.5 Å². The Hall–Kier alpha value is -3.23. The Morgan fingerprint density at radius 1 is 1.09 bits per heavy atom. The van der Waals surface area contributed by atoms with Gasteiger partial charge in [-0.15, -0.1) is 0 Å². The van der Waals surface area contributed by atoms with Gasteiger partial charge in [0.05, 0.1) is 0 Å². The predicted octanol–water partition coefficient (Wildman–Crippen LogP) is 5.24. The quantitative estimate of drug-likeness (QED) is 0.423. The van der Waals surface area contributed by atoms with Gasteiger partial charge >= 0.3 is 0 Å². The van der Waals surface area contributed by atoms with E-state index in [1.54, 1.807) is 6.33 Å². The van der Waals surface area contributed by atoms with E-state index in [-0.39, 0.29) is 12.1 Å². The van der Waals surface area contributed by atoms with Gasteiger partial charge in [-0.2, -0.15) is 0 Å². The van der Waals surface area contributed by atoms with Gasteiger partial charge in [-0.3, -0.25) is 14.7 Å². The predicted molar refractivity (Wildman–Crippen MR) is 124 cm³/mol. The number of anilines is 1. The second kappa shape index (κ2) is 9.10. The molecule has 0 bridgehead atoms. The van der Waals surface area contributed by atoms with E-state index in [1.807, 2.05) is 66.1 Å². The van der Waals surface area contributed by atoms with Crippen LogP contribution in [-0.4, -0.2) is 32.0 Å². The van der Waals surface area contributed by atoms with Crippen LogP contribution in [0.1, 0.15) is 41.4 Å². The first-order valence-corrected chi connectivity index (χ1v) is 11.5. The molecule has 0 aliphatic carbocycles. The summed E-state index contributed by atoms with van der Waals surface area (Å²) in [4.78, 5) is 27.8. The lowest BCUT2D eigenvalue weighted by Crippen LogP contribution is -2.22. The molecule has 1 saturated heterocycles. The SMILES string of the molecule is Cc1ccc(C(=O)Nc2nc3c(Sc4ccccc4)ncnc3n2C2CCCCO2)cc1. The van der Waals surface area contributed by atoms with Crippen LogP contribution in [0.2, 0.25) is 0 Å². The number of hydrogen-bond donors (Lipinski definition) is 1. The minimum absolute atomic E-state index is 0.220. The molecule has 3 heterocycles. The van der Waals surface area contributed by atoms with Crippen molar-refractivity contribution in [2.45, 2.75) is 42.3 Å². The van der Waals surface area contributed by atoms with Crippen molar-refractivity contribution >= 4 is 34.8 Å². The number of rotatable bonds is 5. The standard InChI is InChI=1S/C24H23N5O2S/c1-16-10-12-17(13-11-16)22(30)28-24-27-20-21(29(24)19-9-5-6-14-31-19)25-15-26-23(20)32-18-7-3-2-4-8-18/h2-4,7-8,10-13,15,19H,5-6,9,14H2,1H3,(H,27,28,30). The van der Waals surface area contributed by atoms with E-state index >= 15 is 0 Å². The van der Waals surface area contributed by atoms with E-state index in [0.717, 1.165) is 34.7 Å². The fourth-order valence-corrected chi connectivity index (χ4v) is 4.58. The van der Waals surface area contributed by atoms with Gasteiger partial charge in [-0.25, -0.2) is 15.0 Å². The number of nitrogens with zero attached hydrogens (tertiary/aromatic N) is 4. The molecule has 0 spiro atoms. The highest BCUT2D eigenvalue weighted by atomic mass is 32.2. The minimum Gasteiger partial charge on any atom is -0.358 e. The molecule has 8 heteroatoms. The van der Waals surface area contributed by atoms with Gasteiger partial charge in [0.25, 0.3) is 5.91 Å². The summed E-state index contributed by atoms with van der Waals surface area (Å²) < 4.78 is 7.94. The third-order valence-electron chi connectivity index (χ3n) is 5.38. The first-order valence-electron chi connectivity index (χ1n) is 10.6. The van der Waals surface area contributed by atoms with E-state index in [4.69, 9.17) is 9.72 Å². The number of nitrogens with one attached hydrogen (secondary N) is 1. The van der Waals surface area contributed by atoms with Crippen molar-refractivity contribution in [3.63, 3.8) is 0 Å². The van der Waals surface area contributed by atoms with Crippen LogP contribution in [0.15, 0.2) is 70.8 Å². The summed E-state index contributed by atoms with van der Waals surface area (Å²) in [6, 6.07) is 17.5. The number of imidazole rings is 1. The average molecular weight is 446 g/mol. The smallest absolute Gasteiger partial charge is 0.257 e. The molecule has 32 heavy (non-hydrogen) atoms. The lowest BCUT2D eigenvalue weighted by Gasteiger charge is -2.25. The number of carbonyl (C=O) groups excluding carboxylic acids is 1.